The zero-order chi connectivity index (χ0) is 22.0. The van der Waals surface area contributed by atoms with Crippen LogP contribution >= 0.6 is 0 Å². The highest BCUT2D eigenvalue weighted by molar-refractivity contribution is 7.89. The first-order chi connectivity index (χ1) is 15.0. The predicted molar refractivity (Wildman–Crippen MR) is 117 cm³/mol. The van der Waals surface area contributed by atoms with E-state index in [0.29, 0.717) is 35.6 Å². The van der Waals surface area contributed by atoms with Gasteiger partial charge in [0.2, 0.25) is 15.8 Å². The van der Waals surface area contributed by atoms with Crippen LogP contribution in [0.1, 0.15) is 32.3 Å². The number of nitrogens with zero attached hydrogens (tertiary/aromatic N) is 4. The number of aryl methyl sites for hydroxylation is 1. The van der Waals surface area contributed by atoms with Crippen molar-refractivity contribution in [1.82, 2.24) is 19.4 Å². The zero-order valence-corrected chi connectivity index (χ0v) is 18.5. The summed E-state index contributed by atoms with van der Waals surface area (Å²) in [5, 5.41) is 4.70. The molecule has 8 nitrogen and oxygen atoms in total. The lowest BCUT2D eigenvalue weighted by Crippen LogP contribution is -2.31. The Balaban J connectivity index is 1.72. The van der Waals surface area contributed by atoms with Crippen LogP contribution in [0.5, 0.6) is 0 Å². The largest absolute Gasteiger partial charge is 0.451 e. The van der Waals surface area contributed by atoms with Crippen molar-refractivity contribution in [3.63, 3.8) is 0 Å². The number of hydrogen-bond acceptors (Lipinski definition) is 7. The van der Waals surface area contributed by atoms with Gasteiger partial charge in [0.15, 0.2) is 5.76 Å². The minimum absolute atomic E-state index is 0.232. The third-order valence-electron chi connectivity index (χ3n) is 5.20. The van der Waals surface area contributed by atoms with Crippen LogP contribution in [0.3, 0.4) is 0 Å². The molecule has 0 unspecified atom stereocenters. The van der Waals surface area contributed by atoms with Crippen LogP contribution in [0, 0.1) is 6.92 Å². The minimum atomic E-state index is -3.59. The summed E-state index contributed by atoms with van der Waals surface area (Å²) in [6.07, 6.45) is 5.07. The Hall–Kier alpha value is -3.04. The molecule has 0 fully saturated rings. The molecule has 0 saturated heterocycles. The molecule has 162 valence electrons. The van der Waals surface area contributed by atoms with E-state index in [2.05, 4.69) is 15.1 Å². The number of aromatic nitrogens is 3. The maximum absolute atomic E-state index is 13.1. The topological polar surface area (TPSA) is 102 Å². The quantitative estimate of drug-likeness (QED) is 0.392. The van der Waals surface area contributed by atoms with Crippen LogP contribution in [0.15, 0.2) is 56.6 Å². The molecule has 31 heavy (non-hydrogen) atoms. The lowest BCUT2D eigenvalue weighted by Gasteiger charge is -2.20. The number of fused-ring (bicyclic) bond motifs is 1. The van der Waals surface area contributed by atoms with Crippen molar-refractivity contribution >= 4 is 21.0 Å². The van der Waals surface area contributed by atoms with Gasteiger partial charge in [0.05, 0.1) is 4.90 Å². The minimum Gasteiger partial charge on any atom is -0.451 e. The first-order valence-electron chi connectivity index (χ1n) is 10.2. The molecule has 1 aromatic carbocycles. The molecule has 0 saturated carbocycles. The summed E-state index contributed by atoms with van der Waals surface area (Å²) < 4.78 is 39.1. The summed E-state index contributed by atoms with van der Waals surface area (Å²) in [4.78, 5) is 8.72. The normalized spacial score (nSPS) is 12.1. The van der Waals surface area contributed by atoms with Gasteiger partial charge < -0.3 is 8.94 Å². The van der Waals surface area contributed by atoms with E-state index in [9.17, 15) is 8.42 Å². The van der Waals surface area contributed by atoms with Gasteiger partial charge in [-0.05, 0) is 43.7 Å². The SMILES string of the molecule is CCCCN(CC)S(=O)(=O)c1ccc2oc(-c3nc(-c4cccnc4)no3)c(C)c2c1. The van der Waals surface area contributed by atoms with Crippen LogP contribution in [-0.4, -0.2) is 40.9 Å². The first kappa shape index (κ1) is 21.2. The molecule has 4 rings (SSSR count). The van der Waals surface area contributed by atoms with Gasteiger partial charge in [-0.1, -0.05) is 25.4 Å². The summed E-state index contributed by atoms with van der Waals surface area (Å²) in [5.74, 6) is 1.06. The summed E-state index contributed by atoms with van der Waals surface area (Å²) in [6, 6.07) is 8.53. The second kappa shape index (κ2) is 8.60. The van der Waals surface area contributed by atoms with Crippen molar-refractivity contribution < 1.29 is 17.4 Å². The zero-order valence-electron chi connectivity index (χ0n) is 17.7. The van der Waals surface area contributed by atoms with Gasteiger partial charge in [0.25, 0.3) is 5.89 Å². The highest BCUT2D eigenvalue weighted by Crippen LogP contribution is 2.34. The number of sulfonamides is 1. The maximum Gasteiger partial charge on any atom is 0.294 e. The van der Waals surface area contributed by atoms with Crippen molar-refractivity contribution in [3.05, 3.63) is 48.3 Å². The Morgan fingerprint density at radius 2 is 2.00 bits per heavy atom. The van der Waals surface area contributed by atoms with Gasteiger partial charge in [-0.3, -0.25) is 4.98 Å². The summed E-state index contributed by atoms with van der Waals surface area (Å²) in [7, 11) is -3.59. The fourth-order valence-corrected chi connectivity index (χ4v) is 4.94. The fourth-order valence-electron chi connectivity index (χ4n) is 3.42. The van der Waals surface area contributed by atoms with Gasteiger partial charge in [0.1, 0.15) is 5.58 Å². The van der Waals surface area contributed by atoms with Crippen LogP contribution in [0.2, 0.25) is 0 Å². The van der Waals surface area contributed by atoms with E-state index < -0.39 is 10.0 Å². The van der Waals surface area contributed by atoms with Crippen molar-refractivity contribution in [3.8, 4) is 23.0 Å². The maximum atomic E-state index is 13.1. The molecule has 9 heteroatoms. The van der Waals surface area contributed by atoms with E-state index in [-0.39, 0.29) is 10.8 Å². The van der Waals surface area contributed by atoms with E-state index in [0.717, 1.165) is 24.0 Å². The second-order valence-corrected chi connectivity index (χ2v) is 9.17. The molecule has 0 atom stereocenters. The van der Waals surface area contributed by atoms with Gasteiger partial charge >= 0.3 is 0 Å². The molecule has 4 aromatic rings. The predicted octanol–water partition coefficient (Wildman–Crippen LogP) is 4.66. The fraction of sp³-hybridized carbons (Fsp3) is 0.318. The van der Waals surface area contributed by atoms with Crippen molar-refractivity contribution in [2.45, 2.75) is 38.5 Å². The Morgan fingerprint density at radius 3 is 2.71 bits per heavy atom. The molecule has 3 aromatic heterocycles. The average Bonchev–Trinajstić information content (AvgIpc) is 3.39. The van der Waals surface area contributed by atoms with Gasteiger partial charge in [-0.15, -0.1) is 0 Å². The molecule has 0 N–H and O–H groups in total. The molecule has 0 spiro atoms. The molecular weight excluding hydrogens is 416 g/mol. The summed E-state index contributed by atoms with van der Waals surface area (Å²) >= 11 is 0. The molecule has 0 aliphatic rings. The number of furan rings is 1. The third-order valence-corrected chi connectivity index (χ3v) is 7.17. The van der Waals surface area contributed by atoms with E-state index in [1.54, 1.807) is 36.7 Å². The molecule has 0 bridgehead atoms. The van der Waals surface area contributed by atoms with E-state index in [1.165, 1.54) is 4.31 Å². The number of unbranched alkanes of at least 4 members (excludes halogenated alkanes) is 1. The van der Waals surface area contributed by atoms with Crippen LogP contribution < -0.4 is 0 Å². The Bertz CT molecular complexity index is 1300. The monoisotopic (exact) mass is 440 g/mol. The van der Waals surface area contributed by atoms with E-state index in [1.807, 2.05) is 26.8 Å². The number of rotatable bonds is 8. The summed E-state index contributed by atoms with van der Waals surface area (Å²) in [6.45, 7) is 6.67. The van der Waals surface area contributed by atoms with Crippen LogP contribution in [0.25, 0.3) is 34.0 Å². The molecular formula is C22H24N4O4S. The lowest BCUT2D eigenvalue weighted by atomic mass is 10.1. The molecule has 0 radical (unpaired) electrons. The lowest BCUT2D eigenvalue weighted by molar-refractivity contribution is 0.418. The second-order valence-electron chi connectivity index (χ2n) is 7.23. The molecule has 0 aliphatic heterocycles. The smallest absolute Gasteiger partial charge is 0.294 e. The standard InChI is InChI=1S/C22H24N4O4S/c1-4-6-12-26(5-2)31(27,28)17-9-10-19-18(13-17)15(3)20(29-19)22-24-21(25-30-22)16-8-7-11-23-14-16/h7-11,13-14H,4-6,12H2,1-3H3. The number of benzene rings is 1. The van der Waals surface area contributed by atoms with Crippen LogP contribution in [0.4, 0.5) is 0 Å². The number of hydrogen-bond donors (Lipinski definition) is 0. The van der Waals surface area contributed by atoms with Gasteiger partial charge in [-0.25, -0.2) is 8.42 Å². The highest BCUT2D eigenvalue weighted by Gasteiger charge is 2.25. The Labute approximate surface area is 181 Å². The van der Waals surface area contributed by atoms with E-state index in [4.69, 9.17) is 8.94 Å². The Morgan fingerprint density at radius 1 is 1.16 bits per heavy atom. The van der Waals surface area contributed by atoms with Crippen molar-refractivity contribution in [2.75, 3.05) is 13.1 Å². The average molecular weight is 441 g/mol. The highest BCUT2D eigenvalue weighted by atomic mass is 32.2. The van der Waals surface area contributed by atoms with Gasteiger partial charge in [-0.2, -0.15) is 9.29 Å². The van der Waals surface area contributed by atoms with Crippen molar-refractivity contribution in [1.29, 1.82) is 0 Å². The third kappa shape index (κ3) is 3.98. The van der Waals surface area contributed by atoms with E-state index >= 15 is 0 Å². The molecule has 0 amide bonds. The first-order valence-corrected chi connectivity index (χ1v) is 11.7. The number of pyridine rings is 1. The molecule has 0 aliphatic carbocycles. The summed E-state index contributed by atoms with van der Waals surface area (Å²) in [5.41, 5.74) is 2.03. The molecule has 3 heterocycles. The van der Waals surface area contributed by atoms with Gasteiger partial charge in [0, 0.05) is 42.0 Å². The van der Waals surface area contributed by atoms with Crippen molar-refractivity contribution in [2.24, 2.45) is 0 Å². The Kier molecular flexibility index (Phi) is 5.88. The van der Waals surface area contributed by atoms with Crippen LogP contribution in [-0.2, 0) is 10.0 Å².